The first kappa shape index (κ1) is 16.6. The van der Waals surface area contributed by atoms with Gasteiger partial charge in [-0.2, -0.15) is 4.39 Å². The van der Waals surface area contributed by atoms with E-state index in [1.807, 2.05) is 0 Å². The Morgan fingerprint density at radius 3 is 2.70 bits per heavy atom. The van der Waals surface area contributed by atoms with Gasteiger partial charge in [-0.25, -0.2) is 9.97 Å². The van der Waals surface area contributed by atoms with Gasteiger partial charge >= 0.3 is 0 Å². The molecule has 5 nitrogen and oxygen atoms in total. The molecule has 0 radical (unpaired) electrons. The fraction of sp³-hybridized carbons (Fsp3) is 0.235. The standard InChI is InChI=1S/C17H16FN3O2/c1-17(2,23)11-20-16(22)14-9-7-12(10-19-14)6-8-13-4-3-5-15(18)21-13/h3-5,7,9-10,23H,11H2,1-2H3,(H,20,22). The number of carbonyl (C=O) groups is 1. The first-order valence-electron chi connectivity index (χ1n) is 6.95. The second-order valence-electron chi connectivity index (χ2n) is 5.52. The van der Waals surface area contributed by atoms with Crippen molar-refractivity contribution in [1.29, 1.82) is 0 Å². The maximum absolute atomic E-state index is 12.9. The molecule has 2 heterocycles. The Bertz CT molecular complexity index is 756. The molecule has 0 fully saturated rings. The van der Waals surface area contributed by atoms with Gasteiger partial charge in [0.2, 0.25) is 5.95 Å². The Morgan fingerprint density at radius 2 is 2.09 bits per heavy atom. The van der Waals surface area contributed by atoms with Crippen molar-refractivity contribution in [3.8, 4) is 11.8 Å². The average molecular weight is 313 g/mol. The summed E-state index contributed by atoms with van der Waals surface area (Å²) in [6.45, 7) is 3.32. The van der Waals surface area contributed by atoms with E-state index in [0.29, 0.717) is 11.3 Å². The van der Waals surface area contributed by atoms with Gasteiger partial charge in [-0.1, -0.05) is 12.0 Å². The molecule has 2 aromatic rings. The van der Waals surface area contributed by atoms with Gasteiger partial charge in [0, 0.05) is 18.3 Å². The van der Waals surface area contributed by atoms with Gasteiger partial charge in [0.15, 0.2) is 0 Å². The zero-order chi connectivity index (χ0) is 16.9. The molecular weight excluding hydrogens is 297 g/mol. The number of amides is 1. The topological polar surface area (TPSA) is 75.1 Å². The Balaban J connectivity index is 2.04. The Labute approximate surface area is 133 Å². The molecule has 6 heteroatoms. The lowest BCUT2D eigenvalue weighted by molar-refractivity contribution is 0.0692. The van der Waals surface area contributed by atoms with Gasteiger partial charge in [0.1, 0.15) is 11.4 Å². The van der Waals surface area contributed by atoms with Crippen molar-refractivity contribution in [2.24, 2.45) is 0 Å². The molecule has 2 aromatic heterocycles. The molecule has 2 rings (SSSR count). The zero-order valence-electron chi connectivity index (χ0n) is 12.8. The van der Waals surface area contributed by atoms with Gasteiger partial charge in [-0.15, -0.1) is 0 Å². The fourth-order valence-corrected chi connectivity index (χ4v) is 1.60. The molecule has 0 unspecified atom stereocenters. The summed E-state index contributed by atoms with van der Waals surface area (Å²) < 4.78 is 12.9. The molecule has 1 amide bonds. The van der Waals surface area contributed by atoms with Crippen molar-refractivity contribution >= 4 is 5.91 Å². The summed E-state index contributed by atoms with van der Waals surface area (Å²) in [4.78, 5) is 19.5. The number of nitrogens with one attached hydrogen (secondary N) is 1. The van der Waals surface area contributed by atoms with Crippen molar-refractivity contribution in [2.45, 2.75) is 19.4 Å². The molecule has 0 aromatic carbocycles. The summed E-state index contributed by atoms with van der Waals surface area (Å²) in [5.41, 5.74) is 0.134. The molecule has 0 atom stereocenters. The van der Waals surface area contributed by atoms with Crippen molar-refractivity contribution in [1.82, 2.24) is 15.3 Å². The van der Waals surface area contributed by atoms with E-state index in [4.69, 9.17) is 0 Å². The van der Waals surface area contributed by atoms with Crippen molar-refractivity contribution in [2.75, 3.05) is 6.54 Å². The van der Waals surface area contributed by atoms with E-state index < -0.39 is 11.5 Å². The molecular formula is C17H16FN3O2. The highest BCUT2D eigenvalue weighted by atomic mass is 19.1. The van der Waals surface area contributed by atoms with Crippen LogP contribution in [0.15, 0.2) is 36.5 Å². The quantitative estimate of drug-likeness (QED) is 0.665. The summed E-state index contributed by atoms with van der Waals surface area (Å²) in [5, 5.41) is 12.2. The highest BCUT2D eigenvalue weighted by Crippen LogP contribution is 2.02. The maximum Gasteiger partial charge on any atom is 0.269 e. The number of aliphatic hydroxyl groups is 1. The monoisotopic (exact) mass is 313 g/mol. The minimum absolute atomic E-state index is 0.125. The third-order valence-electron chi connectivity index (χ3n) is 2.73. The highest BCUT2D eigenvalue weighted by molar-refractivity contribution is 5.92. The average Bonchev–Trinajstić information content (AvgIpc) is 2.50. The number of carbonyl (C=O) groups excluding carboxylic acids is 1. The van der Waals surface area contributed by atoms with Crippen LogP contribution in [0.1, 0.15) is 35.6 Å². The number of hydrogen-bond donors (Lipinski definition) is 2. The first-order chi connectivity index (χ1) is 10.8. The third-order valence-corrected chi connectivity index (χ3v) is 2.73. The van der Waals surface area contributed by atoms with E-state index in [2.05, 4.69) is 27.1 Å². The number of aromatic nitrogens is 2. The SMILES string of the molecule is CC(C)(O)CNC(=O)c1ccc(C#Cc2cccc(F)n2)cn1. The van der Waals surface area contributed by atoms with Gasteiger partial charge < -0.3 is 10.4 Å². The minimum Gasteiger partial charge on any atom is -0.389 e. The Hall–Kier alpha value is -2.78. The van der Waals surface area contributed by atoms with E-state index in [9.17, 15) is 14.3 Å². The summed E-state index contributed by atoms with van der Waals surface area (Å²) in [6.07, 6.45) is 1.45. The van der Waals surface area contributed by atoms with Crippen LogP contribution in [0.3, 0.4) is 0 Å². The molecule has 2 N–H and O–H groups in total. The van der Waals surface area contributed by atoms with Crippen LogP contribution in [-0.4, -0.2) is 33.1 Å². The number of nitrogens with zero attached hydrogens (tertiary/aromatic N) is 2. The summed E-state index contributed by atoms with van der Waals surface area (Å²) in [6, 6.07) is 7.54. The molecule has 118 valence electrons. The lowest BCUT2D eigenvalue weighted by Gasteiger charge is -2.17. The molecule has 0 spiro atoms. The first-order valence-corrected chi connectivity index (χ1v) is 6.95. The smallest absolute Gasteiger partial charge is 0.269 e. The minimum atomic E-state index is -0.987. The van der Waals surface area contributed by atoms with Crippen LogP contribution in [0, 0.1) is 17.8 Å². The van der Waals surface area contributed by atoms with Gasteiger partial charge in [-0.3, -0.25) is 4.79 Å². The molecule has 0 aliphatic rings. The van der Waals surface area contributed by atoms with Gasteiger partial charge in [-0.05, 0) is 44.0 Å². The van der Waals surface area contributed by atoms with Gasteiger partial charge in [0.25, 0.3) is 5.91 Å². The van der Waals surface area contributed by atoms with E-state index in [1.54, 1.807) is 26.0 Å². The Morgan fingerprint density at radius 1 is 1.30 bits per heavy atom. The van der Waals surface area contributed by atoms with Crippen LogP contribution >= 0.6 is 0 Å². The second-order valence-corrected chi connectivity index (χ2v) is 5.52. The molecule has 23 heavy (non-hydrogen) atoms. The van der Waals surface area contributed by atoms with E-state index >= 15 is 0 Å². The van der Waals surface area contributed by atoms with Crippen LogP contribution in [0.5, 0.6) is 0 Å². The number of rotatable bonds is 3. The van der Waals surface area contributed by atoms with E-state index in [1.165, 1.54) is 24.4 Å². The van der Waals surface area contributed by atoms with Crippen molar-refractivity contribution in [3.63, 3.8) is 0 Å². The predicted molar refractivity (Wildman–Crippen MR) is 83.0 cm³/mol. The van der Waals surface area contributed by atoms with Crippen LogP contribution in [-0.2, 0) is 0 Å². The lowest BCUT2D eigenvalue weighted by Crippen LogP contribution is -2.38. The van der Waals surface area contributed by atoms with Crippen LogP contribution < -0.4 is 5.32 Å². The molecule has 0 saturated carbocycles. The van der Waals surface area contributed by atoms with Crippen LogP contribution in [0.25, 0.3) is 0 Å². The predicted octanol–water partition coefficient (Wildman–Crippen LogP) is 1.52. The number of halogens is 1. The lowest BCUT2D eigenvalue weighted by atomic mass is 10.1. The third kappa shape index (κ3) is 5.49. The Kier molecular flexibility index (Phi) is 5.04. The largest absolute Gasteiger partial charge is 0.389 e. The van der Waals surface area contributed by atoms with Crippen molar-refractivity contribution in [3.05, 3.63) is 59.4 Å². The number of pyridine rings is 2. The molecule has 0 aliphatic carbocycles. The van der Waals surface area contributed by atoms with E-state index in [0.717, 1.165) is 0 Å². The van der Waals surface area contributed by atoms with Crippen molar-refractivity contribution < 1.29 is 14.3 Å². The summed E-state index contributed by atoms with van der Waals surface area (Å²) in [5.74, 6) is 4.55. The summed E-state index contributed by atoms with van der Waals surface area (Å²) >= 11 is 0. The highest BCUT2D eigenvalue weighted by Gasteiger charge is 2.15. The van der Waals surface area contributed by atoms with Crippen LogP contribution in [0.2, 0.25) is 0 Å². The number of hydrogen-bond acceptors (Lipinski definition) is 4. The molecule has 0 saturated heterocycles. The van der Waals surface area contributed by atoms with Crippen LogP contribution in [0.4, 0.5) is 4.39 Å². The van der Waals surface area contributed by atoms with E-state index in [-0.39, 0.29) is 18.1 Å². The fourth-order valence-electron chi connectivity index (χ4n) is 1.60. The molecule has 0 aliphatic heterocycles. The summed E-state index contributed by atoms with van der Waals surface area (Å²) in [7, 11) is 0. The normalized spacial score (nSPS) is 10.6. The van der Waals surface area contributed by atoms with Gasteiger partial charge in [0.05, 0.1) is 5.60 Å². The zero-order valence-corrected chi connectivity index (χ0v) is 12.8. The second kappa shape index (κ2) is 6.99. The maximum atomic E-state index is 12.9. The molecule has 0 bridgehead atoms.